The van der Waals surface area contributed by atoms with E-state index in [1.165, 1.54) is 0 Å². The molecule has 44 heavy (non-hydrogen) atoms. The summed E-state index contributed by atoms with van der Waals surface area (Å²) in [5.74, 6) is -45.3. The predicted octanol–water partition coefficient (Wildman–Crippen LogP) is 5.70. The molecule has 0 fully saturated rings. The van der Waals surface area contributed by atoms with Crippen LogP contribution in [0.4, 0.5) is 65.9 Å². The zero-order valence-corrected chi connectivity index (χ0v) is 23.1. The number of halogens is 15. The largest absolute Gasteiger partial charge is 0.207 e. The average Bonchev–Trinajstić information content (AvgIpc) is 2.98. The lowest BCUT2D eigenvalue weighted by Gasteiger charge is -2.45. The van der Waals surface area contributed by atoms with E-state index in [-0.39, 0.29) is 0 Å². The highest BCUT2D eigenvalue weighted by molar-refractivity contribution is 7.20. The first kappa shape index (κ1) is 33.0. The van der Waals surface area contributed by atoms with Crippen LogP contribution in [0.25, 0.3) is 0 Å². The maximum Gasteiger partial charge on any atom is 0.200 e. The Balaban J connectivity index is 2.53. The second-order valence-electron chi connectivity index (χ2n) is 10.7. The first-order valence-electron chi connectivity index (χ1n) is 12.1. The number of benzene rings is 4. The van der Waals surface area contributed by atoms with Crippen LogP contribution >= 0.6 is 0 Å². The molecule has 0 aliphatic heterocycles. The van der Waals surface area contributed by atoms with E-state index in [2.05, 4.69) is 0 Å². The van der Waals surface area contributed by atoms with Crippen molar-refractivity contribution in [3.05, 3.63) is 112 Å². The van der Waals surface area contributed by atoms with Gasteiger partial charge in [0, 0.05) is 0 Å². The van der Waals surface area contributed by atoms with E-state index in [0.717, 1.165) is 12.1 Å². The van der Waals surface area contributed by atoms with Gasteiger partial charge in [0.05, 0.1) is 8.07 Å². The zero-order chi connectivity index (χ0) is 33.4. The summed E-state index contributed by atoms with van der Waals surface area (Å²) < 4.78 is 224. The van der Waals surface area contributed by atoms with E-state index in [4.69, 9.17) is 0 Å². The summed E-state index contributed by atoms with van der Waals surface area (Å²) in [6.45, 7) is 5.04. The molecule has 0 nitrogen and oxygen atoms in total. The Morgan fingerprint density at radius 3 is 0.750 bits per heavy atom. The average molecular weight is 661 g/mol. The topological polar surface area (TPSA) is 0 Å². The van der Waals surface area contributed by atoms with Crippen LogP contribution in [0.5, 0.6) is 0 Å². The van der Waals surface area contributed by atoms with Crippen molar-refractivity contribution in [1.82, 2.24) is 0 Å². The van der Waals surface area contributed by atoms with E-state index in [1.807, 2.05) is 0 Å². The molecule has 0 saturated heterocycles. The van der Waals surface area contributed by atoms with E-state index < -0.39 is 123 Å². The second kappa shape index (κ2) is 10.9. The summed E-state index contributed by atoms with van der Waals surface area (Å²) in [6.07, 6.45) is -5.76. The molecule has 0 N–H and O–H groups in total. The molecule has 0 aromatic heterocycles. The third kappa shape index (κ3) is 4.49. The Morgan fingerprint density at radius 1 is 0.341 bits per heavy atom. The first-order chi connectivity index (χ1) is 20.2. The van der Waals surface area contributed by atoms with Crippen molar-refractivity contribution in [2.75, 3.05) is 0 Å². The Kier molecular flexibility index (Phi) is 8.20. The summed E-state index contributed by atoms with van der Waals surface area (Å²) in [4.78, 5) is 0. The molecule has 0 spiro atoms. The molecule has 0 bridgehead atoms. The fourth-order valence-corrected chi connectivity index (χ4v) is 6.38. The van der Waals surface area contributed by atoms with Crippen molar-refractivity contribution in [2.24, 2.45) is 0 Å². The molecule has 0 heterocycles. The van der Waals surface area contributed by atoms with Crippen LogP contribution in [0, 0.1) is 87.3 Å². The summed E-state index contributed by atoms with van der Waals surface area (Å²) in [5.41, 5.74) is -9.34. The summed E-state index contributed by atoms with van der Waals surface area (Å²) in [6, 6.07) is 2.95. The van der Waals surface area contributed by atoms with Gasteiger partial charge >= 0.3 is 0 Å². The lowest BCUT2D eigenvalue weighted by Crippen LogP contribution is -2.79. The van der Waals surface area contributed by atoms with Gasteiger partial charge in [-0.05, 0) is 0 Å². The van der Waals surface area contributed by atoms with E-state index in [9.17, 15) is 39.5 Å². The summed E-state index contributed by atoms with van der Waals surface area (Å²) >= 11 is 0. The molecule has 0 unspecified atom stereocenters. The highest BCUT2D eigenvalue weighted by Crippen LogP contribution is 2.28. The lowest BCUT2D eigenvalue weighted by atomic mass is 9.12. The van der Waals surface area contributed by atoms with Gasteiger partial charge in [-0.25, -0.2) is 65.9 Å². The first-order valence-corrected chi connectivity index (χ1v) is 15.6. The maximum atomic E-state index is 15.6. The van der Waals surface area contributed by atoms with Crippen molar-refractivity contribution in [2.45, 2.75) is 19.6 Å². The fourth-order valence-electron chi connectivity index (χ4n) is 5.21. The highest BCUT2D eigenvalue weighted by atomic mass is 28.3. The number of rotatable bonds is 5. The standard InChI is InChI=1S/C27H13BF15Si/c1-44(2,3)9-6-4-8(5-7-9)28(10-13(29)19(35)25(41)20(36)14(10)30,11-15(31)21(37)26(42)22(38)16(11)32)12-17(33)23(39)27(43)24(40)18(12)34/h4-7H,1-3H3/q-1. The Hall–Kier alpha value is -3.89. The minimum atomic E-state index is -5.76. The Morgan fingerprint density at radius 2 is 0.545 bits per heavy atom. The van der Waals surface area contributed by atoms with Crippen LogP contribution in [0.2, 0.25) is 19.6 Å². The van der Waals surface area contributed by atoms with Crippen LogP contribution < -0.4 is 27.0 Å². The van der Waals surface area contributed by atoms with Crippen molar-refractivity contribution < 1.29 is 65.9 Å². The Labute approximate surface area is 238 Å². The molecule has 0 saturated carbocycles. The minimum Gasteiger partial charge on any atom is -0.207 e. The zero-order valence-electron chi connectivity index (χ0n) is 22.1. The van der Waals surface area contributed by atoms with E-state index >= 15 is 26.3 Å². The van der Waals surface area contributed by atoms with Gasteiger partial charge in [0.15, 0.2) is 52.4 Å². The molecule has 234 valence electrons. The van der Waals surface area contributed by atoms with Crippen LogP contribution in [0.3, 0.4) is 0 Å². The van der Waals surface area contributed by atoms with Crippen molar-refractivity contribution >= 4 is 41.3 Å². The van der Waals surface area contributed by atoms with Gasteiger partial charge in [-0.3, -0.25) is 0 Å². The van der Waals surface area contributed by atoms with Gasteiger partial charge in [-0.2, -0.15) is 5.46 Å². The smallest absolute Gasteiger partial charge is 0.200 e. The predicted molar refractivity (Wildman–Crippen MR) is 132 cm³/mol. The monoisotopic (exact) mass is 661 g/mol. The molecule has 0 atom stereocenters. The van der Waals surface area contributed by atoms with E-state index in [0.29, 0.717) is 17.3 Å². The van der Waals surface area contributed by atoms with Crippen LogP contribution in [-0.2, 0) is 0 Å². The van der Waals surface area contributed by atoms with Gasteiger partial charge in [0.1, 0.15) is 41.0 Å². The molecule has 0 amide bonds. The van der Waals surface area contributed by atoms with Crippen LogP contribution in [-0.4, -0.2) is 14.2 Å². The molecule has 4 aromatic carbocycles. The van der Waals surface area contributed by atoms with Gasteiger partial charge in [-0.1, -0.05) is 49.1 Å². The van der Waals surface area contributed by atoms with Gasteiger partial charge in [-0.15, -0.1) is 16.4 Å². The Bertz CT molecular complexity index is 1590. The summed E-state index contributed by atoms with van der Waals surface area (Å²) in [5, 5.41) is 0.332. The molecule has 0 radical (unpaired) electrons. The second-order valence-corrected chi connectivity index (χ2v) is 15.8. The van der Waals surface area contributed by atoms with Gasteiger partial charge in [0.25, 0.3) is 0 Å². The van der Waals surface area contributed by atoms with Gasteiger partial charge in [0.2, 0.25) is 0 Å². The minimum absolute atomic E-state index is 0.332. The molecule has 4 rings (SSSR count). The normalized spacial score (nSPS) is 12.3. The molecule has 17 heteroatoms. The highest BCUT2D eigenvalue weighted by Gasteiger charge is 2.49. The molecular formula is C27H13BF15Si-. The third-order valence-electron chi connectivity index (χ3n) is 7.31. The quantitative estimate of drug-likeness (QED) is 0.112. The summed E-state index contributed by atoms with van der Waals surface area (Å²) in [7, 11) is -2.44. The third-order valence-corrected chi connectivity index (χ3v) is 9.37. The van der Waals surface area contributed by atoms with Crippen LogP contribution in [0.15, 0.2) is 24.3 Å². The number of hydrogen-bond acceptors (Lipinski definition) is 0. The molecule has 0 aliphatic carbocycles. The molecule has 4 aromatic rings. The molecule has 0 aliphatic rings. The number of hydrogen-bond donors (Lipinski definition) is 0. The van der Waals surface area contributed by atoms with E-state index in [1.54, 1.807) is 19.6 Å². The van der Waals surface area contributed by atoms with Gasteiger partial charge < -0.3 is 0 Å². The maximum absolute atomic E-state index is 15.6. The van der Waals surface area contributed by atoms with Crippen LogP contribution in [0.1, 0.15) is 0 Å². The van der Waals surface area contributed by atoms with Crippen molar-refractivity contribution in [1.29, 1.82) is 0 Å². The SMILES string of the molecule is C[Si](C)(C)c1ccc([B-](c2c(F)c(F)c(F)c(F)c2F)(c2c(F)c(F)c(F)c(F)c2F)c2c(F)c(F)c(F)c(F)c2F)cc1. The fraction of sp³-hybridized carbons (Fsp3) is 0.111. The van der Waals surface area contributed by atoms with Crippen molar-refractivity contribution in [3.63, 3.8) is 0 Å². The lowest BCUT2D eigenvalue weighted by molar-refractivity contribution is 0.380. The van der Waals surface area contributed by atoms with Crippen molar-refractivity contribution in [3.8, 4) is 0 Å². The molecular weight excluding hydrogens is 648 g/mol.